The number of esters is 1. The van der Waals surface area contributed by atoms with Crippen molar-refractivity contribution < 1.29 is 13.7 Å². The number of rotatable bonds is 7. The van der Waals surface area contributed by atoms with Gasteiger partial charge in [-0.2, -0.15) is 0 Å². The van der Waals surface area contributed by atoms with E-state index >= 15 is 0 Å². The van der Waals surface area contributed by atoms with Crippen LogP contribution in [0.4, 0.5) is 5.82 Å². The first-order valence-electron chi connectivity index (χ1n) is 5.90. The Balaban J connectivity index is 2.64. The van der Waals surface area contributed by atoms with Crippen LogP contribution in [0.25, 0.3) is 0 Å². The second-order valence-corrected chi connectivity index (χ2v) is 5.34. The molecule has 0 aromatic carbocycles. The largest absolute Gasteiger partial charge is 0.462 e. The molecular weight excluding hydrogens is 252 g/mol. The lowest BCUT2D eigenvalue weighted by atomic mass is 10.2. The summed E-state index contributed by atoms with van der Waals surface area (Å²) in [5.74, 6) is 1.25. The first-order valence-corrected chi connectivity index (χ1v) is 7.38. The summed E-state index contributed by atoms with van der Waals surface area (Å²) in [6, 6.07) is 3.34. The van der Waals surface area contributed by atoms with Crippen molar-refractivity contribution in [3.05, 3.63) is 23.9 Å². The fourth-order valence-corrected chi connectivity index (χ4v) is 1.97. The average molecular weight is 270 g/mol. The van der Waals surface area contributed by atoms with Crippen molar-refractivity contribution in [2.75, 3.05) is 30.0 Å². The van der Waals surface area contributed by atoms with Crippen LogP contribution in [0.3, 0.4) is 0 Å². The number of nitrogens with zero attached hydrogens (tertiary/aromatic N) is 1. The molecule has 0 aliphatic carbocycles. The Morgan fingerprint density at radius 2 is 2.28 bits per heavy atom. The fraction of sp³-hybridized carbons (Fsp3) is 0.500. The Kier molecular flexibility index (Phi) is 6.35. The standard InChI is InChI=1S/C12H18N2O3S/c1-3-17-12(15)10-6-5-7-13-11(10)14-8-9-18(16)4-2/h5-7H,3-4,8-9H2,1-2H3,(H,13,14). The minimum atomic E-state index is -0.828. The first-order chi connectivity index (χ1) is 8.69. The highest BCUT2D eigenvalue weighted by Crippen LogP contribution is 2.12. The van der Waals surface area contributed by atoms with Gasteiger partial charge in [0.25, 0.3) is 0 Å². The van der Waals surface area contributed by atoms with E-state index in [1.165, 1.54) is 0 Å². The van der Waals surface area contributed by atoms with Gasteiger partial charge in [0.2, 0.25) is 0 Å². The molecule has 0 radical (unpaired) electrons. The molecule has 0 aliphatic heterocycles. The quantitative estimate of drug-likeness (QED) is 0.759. The van der Waals surface area contributed by atoms with Gasteiger partial charge in [-0.05, 0) is 19.1 Å². The van der Waals surface area contributed by atoms with Crippen LogP contribution in [0.15, 0.2) is 18.3 Å². The molecule has 0 amide bonds. The lowest BCUT2D eigenvalue weighted by Gasteiger charge is -2.09. The maximum Gasteiger partial charge on any atom is 0.341 e. The Hall–Kier alpha value is -1.43. The third-order valence-electron chi connectivity index (χ3n) is 2.25. The third kappa shape index (κ3) is 4.44. The van der Waals surface area contributed by atoms with Crippen molar-refractivity contribution in [3.8, 4) is 0 Å². The van der Waals surface area contributed by atoms with Crippen LogP contribution < -0.4 is 5.32 Å². The van der Waals surface area contributed by atoms with Gasteiger partial charge in [0, 0.05) is 35.0 Å². The molecule has 1 heterocycles. The minimum absolute atomic E-state index is 0.326. The Bertz CT molecular complexity index is 424. The predicted molar refractivity (Wildman–Crippen MR) is 72.2 cm³/mol. The summed E-state index contributed by atoms with van der Waals surface area (Å²) >= 11 is 0. The molecule has 18 heavy (non-hydrogen) atoms. The summed E-state index contributed by atoms with van der Waals surface area (Å²) in [5.41, 5.74) is 0.404. The van der Waals surface area contributed by atoms with Crippen LogP contribution in [0.1, 0.15) is 24.2 Å². The van der Waals surface area contributed by atoms with E-state index in [9.17, 15) is 9.00 Å². The third-order valence-corrected chi connectivity index (χ3v) is 3.55. The van der Waals surface area contributed by atoms with Crippen LogP contribution in [-0.2, 0) is 15.5 Å². The van der Waals surface area contributed by atoms with Gasteiger partial charge in [-0.25, -0.2) is 9.78 Å². The summed E-state index contributed by atoms with van der Waals surface area (Å²) in [7, 11) is -0.828. The summed E-state index contributed by atoms with van der Waals surface area (Å²) < 4.78 is 16.2. The zero-order valence-corrected chi connectivity index (χ0v) is 11.5. The van der Waals surface area contributed by atoms with Gasteiger partial charge >= 0.3 is 5.97 Å². The summed E-state index contributed by atoms with van der Waals surface area (Å²) in [5, 5.41) is 3.01. The van der Waals surface area contributed by atoms with Gasteiger partial charge in [-0.15, -0.1) is 0 Å². The number of hydrogen-bond donors (Lipinski definition) is 1. The minimum Gasteiger partial charge on any atom is -0.462 e. The summed E-state index contributed by atoms with van der Waals surface area (Å²) in [4.78, 5) is 15.8. The second-order valence-electron chi connectivity index (χ2n) is 3.48. The van der Waals surface area contributed by atoms with Gasteiger partial charge in [0.15, 0.2) is 0 Å². The van der Waals surface area contributed by atoms with Crippen LogP contribution in [-0.4, -0.2) is 39.8 Å². The molecule has 1 unspecified atom stereocenters. The molecule has 0 fully saturated rings. The smallest absolute Gasteiger partial charge is 0.341 e. The van der Waals surface area contributed by atoms with Crippen LogP contribution in [0.5, 0.6) is 0 Å². The molecule has 0 bridgehead atoms. The molecule has 1 atom stereocenters. The van der Waals surface area contributed by atoms with E-state index in [-0.39, 0.29) is 0 Å². The Morgan fingerprint density at radius 3 is 2.94 bits per heavy atom. The fourth-order valence-electron chi connectivity index (χ4n) is 1.35. The van der Waals surface area contributed by atoms with Crippen molar-refractivity contribution in [2.45, 2.75) is 13.8 Å². The van der Waals surface area contributed by atoms with Gasteiger partial charge in [-0.1, -0.05) is 6.92 Å². The molecule has 0 saturated heterocycles. The van der Waals surface area contributed by atoms with Crippen LogP contribution >= 0.6 is 0 Å². The van der Waals surface area contributed by atoms with E-state index in [2.05, 4.69) is 10.3 Å². The molecule has 0 aliphatic rings. The average Bonchev–Trinajstić information content (AvgIpc) is 2.39. The van der Waals surface area contributed by atoms with Crippen molar-refractivity contribution >= 4 is 22.6 Å². The number of aromatic nitrogens is 1. The maximum absolute atomic E-state index is 11.7. The second kappa shape index (κ2) is 7.81. The van der Waals surface area contributed by atoms with E-state index in [0.717, 1.165) is 0 Å². The molecule has 0 spiro atoms. The van der Waals surface area contributed by atoms with E-state index < -0.39 is 16.8 Å². The summed E-state index contributed by atoms with van der Waals surface area (Å²) in [6.45, 7) is 4.48. The molecule has 1 N–H and O–H groups in total. The zero-order chi connectivity index (χ0) is 13.4. The summed E-state index contributed by atoms with van der Waals surface area (Å²) in [6.07, 6.45) is 1.60. The van der Waals surface area contributed by atoms with E-state index in [1.807, 2.05) is 6.92 Å². The van der Waals surface area contributed by atoms with Gasteiger partial charge in [0.05, 0.1) is 6.61 Å². The number of ether oxygens (including phenoxy) is 1. The molecule has 100 valence electrons. The van der Waals surface area contributed by atoms with Gasteiger partial charge in [0.1, 0.15) is 11.4 Å². The highest BCUT2D eigenvalue weighted by atomic mass is 32.2. The molecule has 1 aromatic rings. The van der Waals surface area contributed by atoms with Crippen molar-refractivity contribution in [1.82, 2.24) is 4.98 Å². The molecule has 1 aromatic heterocycles. The molecule has 1 rings (SSSR count). The maximum atomic E-state index is 11.7. The van der Waals surface area contributed by atoms with Crippen LogP contribution in [0, 0.1) is 0 Å². The molecular formula is C12H18N2O3S. The monoisotopic (exact) mass is 270 g/mol. The number of hydrogen-bond acceptors (Lipinski definition) is 5. The molecule has 0 saturated carbocycles. The SMILES string of the molecule is CCOC(=O)c1cccnc1NCCS(=O)CC. The number of nitrogens with one attached hydrogen (secondary N) is 1. The van der Waals surface area contributed by atoms with Crippen molar-refractivity contribution in [2.24, 2.45) is 0 Å². The Labute approximate surface area is 109 Å². The molecule has 6 heteroatoms. The highest BCUT2D eigenvalue weighted by molar-refractivity contribution is 7.84. The normalized spacial score (nSPS) is 11.9. The van der Waals surface area contributed by atoms with E-state index in [4.69, 9.17) is 4.74 Å². The highest BCUT2D eigenvalue weighted by Gasteiger charge is 2.12. The number of pyridine rings is 1. The zero-order valence-electron chi connectivity index (χ0n) is 10.6. The lowest BCUT2D eigenvalue weighted by molar-refractivity contribution is 0.0527. The number of carbonyl (C=O) groups is 1. The van der Waals surface area contributed by atoms with E-state index in [0.29, 0.717) is 36.0 Å². The van der Waals surface area contributed by atoms with Crippen LogP contribution in [0.2, 0.25) is 0 Å². The van der Waals surface area contributed by atoms with Gasteiger partial charge < -0.3 is 10.1 Å². The first kappa shape index (κ1) is 14.6. The number of anilines is 1. The Morgan fingerprint density at radius 1 is 1.50 bits per heavy atom. The molecule has 5 nitrogen and oxygen atoms in total. The lowest BCUT2D eigenvalue weighted by Crippen LogP contribution is -2.16. The van der Waals surface area contributed by atoms with Crippen molar-refractivity contribution in [3.63, 3.8) is 0 Å². The van der Waals surface area contributed by atoms with Crippen molar-refractivity contribution in [1.29, 1.82) is 0 Å². The van der Waals surface area contributed by atoms with Gasteiger partial charge in [-0.3, -0.25) is 4.21 Å². The predicted octanol–water partition coefficient (Wildman–Crippen LogP) is 1.44. The van der Waals surface area contributed by atoms with E-state index in [1.54, 1.807) is 25.3 Å². The number of carbonyl (C=O) groups excluding carboxylic acids is 1. The topological polar surface area (TPSA) is 68.3 Å².